The molecule has 30 heavy (non-hydrogen) atoms. The number of rotatable bonds is 6. The van der Waals surface area contributed by atoms with Gasteiger partial charge in [-0.1, -0.05) is 42.5 Å². The summed E-state index contributed by atoms with van der Waals surface area (Å²) >= 11 is 0. The third-order valence-electron chi connectivity index (χ3n) is 4.48. The van der Waals surface area contributed by atoms with E-state index in [4.69, 9.17) is 0 Å². The summed E-state index contributed by atoms with van der Waals surface area (Å²) in [6, 6.07) is 16.9. The summed E-state index contributed by atoms with van der Waals surface area (Å²) in [6.45, 7) is 1.11. The fourth-order valence-corrected chi connectivity index (χ4v) is 3.56. The van der Waals surface area contributed by atoms with E-state index in [1.807, 2.05) is 48.5 Å². The molecule has 0 radical (unpaired) electrons. The molecule has 0 amide bonds. The van der Waals surface area contributed by atoms with Crippen LogP contribution in [0.2, 0.25) is 0 Å². The zero-order valence-electron chi connectivity index (χ0n) is 17.2. The third kappa shape index (κ3) is 6.30. The molecule has 0 spiro atoms. The van der Waals surface area contributed by atoms with Crippen molar-refractivity contribution in [1.29, 1.82) is 0 Å². The lowest BCUT2D eigenvalue weighted by Crippen LogP contribution is -2.38. The normalized spacial score (nSPS) is 11.6. The van der Waals surface area contributed by atoms with Crippen molar-refractivity contribution < 1.29 is 8.42 Å². The van der Waals surface area contributed by atoms with Gasteiger partial charge in [0.25, 0.3) is 0 Å². The second kappa shape index (κ2) is 10.6. The van der Waals surface area contributed by atoms with Crippen LogP contribution in [0.25, 0.3) is 11.3 Å². The first-order chi connectivity index (χ1) is 13.9. The van der Waals surface area contributed by atoms with Crippen LogP contribution < -0.4 is 5.32 Å². The summed E-state index contributed by atoms with van der Waals surface area (Å²) in [5.74, 6) is 1.56. The number of nitrogens with one attached hydrogen (secondary N) is 2. The maximum atomic E-state index is 11.6. The number of benzene rings is 2. The second-order valence-corrected chi connectivity index (χ2v) is 8.80. The lowest BCUT2D eigenvalue weighted by molar-refractivity contribution is 0.464. The first-order valence-electron chi connectivity index (χ1n) is 9.17. The minimum atomic E-state index is -3.18. The van der Waals surface area contributed by atoms with Gasteiger partial charge in [0.2, 0.25) is 0 Å². The first kappa shape index (κ1) is 23.9. The molecular weight excluding hydrogens is 513 g/mol. The zero-order chi connectivity index (χ0) is 20.9. The van der Waals surface area contributed by atoms with Crippen LogP contribution in [0.1, 0.15) is 11.4 Å². The molecule has 3 rings (SSSR count). The number of hydrogen-bond acceptors (Lipinski definition) is 4. The topological polar surface area (TPSA) is 90.4 Å². The number of aromatic nitrogens is 2. The SMILES string of the molecule is CN=C(NCc1ccc(S(C)(=O)=O)cc1)N(C)Cc1ncc(-c2ccccc2)[nH]1.I. The average molecular weight is 539 g/mol. The fourth-order valence-electron chi connectivity index (χ4n) is 2.93. The Morgan fingerprint density at radius 1 is 1.13 bits per heavy atom. The molecule has 0 unspecified atom stereocenters. The molecule has 0 saturated heterocycles. The lowest BCUT2D eigenvalue weighted by Gasteiger charge is -2.21. The van der Waals surface area contributed by atoms with E-state index in [9.17, 15) is 8.42 Å². The predicted molar refractivity (Wildman–Crippen MR) is 131 cm³/mol. The fraction of sp³-hybridized carbons (Fsp3) is 0.238. The number of aliphatic imine (C=N–C) groups is 1. The number of hydrogen-bond donors (Lipinski definition) is 2. The van der Waals surface area contributed by atoms with Gasteiger partial charge in [-0.3, -0.25) is 4.99 Å². The minimum Gasteiger partial charge on any atom is -0.352 e. The van der Waals surface area contributed by atoms with Gasteiger partial charge in [-0.05, 0) is 23.3 Å². The van der Waals surface area contributed by atoms with Gasteiger partial charge < -0.3 is 15.2 Å². The van der Waals surface area contributed by atoms with E-state index >= 15 is 0 Å². The zero-order valence-corrected chi connectivity index (χ0v) is 20.3. The first-order valence-corrected chi connectivity index (χ1v) is 11.1. The Kier molecular flexibility index (Phi) is 8.42. The van der Waals surface area contributed by atoms with Crippen molar-refractivity contribution in [3.05, 3.63) is 72.2 Å². The van der Waals surface area contributed by atoms with Gasteiger partial charge in [0, 0.05) is 26.9 Å². The van der Waals surface area contributed by atoms with E-state index in [0.717, 1.165) is 28.6 Å². The van der Waals surface area contributed by atoms with Gasteiger partial charge in [-0.15, -0.1) is 24.0 Å². The molecule has 0 aliphatic heterocycles. The number of imidazole rings is 1. The van der Waals surface area contributed by atoms with E-state index < -0.39 is 9.84 Å². The van der Waals surface area contributed by atoms with E-state index in [-0.39, 0.29) is 24.0 Å². The minimum absolute atomic E-state index is 0. The van der Waals surface area contributed by atoms with Crippen LogP contribution in [0.4, 0.5) is 0 Å². The quantitative estimate of drug-likeness (QED) is 0.285. The number of H-pyrrole nitrogens is 1. The van der Waals surface area contributed by atoms with Gasteiger partial charge in [0.05, 0.1) is 23.3 Å². The van der Waals surface area contributed by atoms with Crippen molar-refractivity contribution in [2.24, 2.45) is 4.99 Å². The predicted octanol–water partition coefficient (Wildman–Crippen LogP) is 3.31. The van der Waals surface area contributed by atoms with Crippen LogP contribution in [-0.2, 0) is 22.9 Å². The molecule has 0 fully saturated rings. The van der Waals surface area contributed by atoms with Crippen molar-refractivity contribution in [1.82, 2.24) is 20.2 Å². The summed E-state index contributed by atoms with van der Waals surface area (Å²) in [5.41, 5.74) is 3.04. The standard InChI is InChI=1S/C21H25N5O2S.HI/c1-22-21(24-13-16-9-11-18(12-10-16)29(3,27)28)26(2)15-20-23-14-19(25-20)17-7-5-4-6-8-17;/h4-12,14H,13,15H2,1-3H3,(H,22,24)(H,23,25);1H. The monoisotopic (exact) mass is 539 g/mol. The molecule has 0 aliphatic rings. The van der Waals surface area contributed by atoms with Crippen LogP contribution in [0.15, 0.2) is 70.7 Å². The van der Waals surface area contributed by atoms with Gasteiger partial charge in [0.1, 0.15) is 5.82 Å². The molecule has 9 heteroatoms. The Balaban J connectivity index is 0.00000320. The van der Waals surface area contributed by atoms with Crippen molar-refractivity contribution in [3.8, 4) is 11.3 Å². The van der Waals surface area contributed by atoms with Gasteiger partial charge in [-0.2, -0.15) is 0 Å². The number of sulfone groups is 1. The van der Waals surface area contributed by atoms with Gasteiger partial charge in [-0.25, -0.2) is 13.4 Å². The highest BCUT2D eigenvalue weighted by Gasteiger charge is 2.11. The Labute approximate surface area is 194 Å². The second-order valence-electron chi connectivity index (χ2n) is 6.78. The Bertz CT molecular complexity index is 1080. The summed E-state index contributed by atoms with van der Waals surface area (Å²) < 4.78 is 23.1. The van der Waals surface area contributed by atoms with Crippen molar-refractivity contribution in [2.45, 2.75) is 18.0 Å². The van der Waals surface area contributed by atoms with E-state index in [1.54, 1.807) is 31.3 Å². The van der Waals surface area contributed by atoms with Crippen molar-refractivity contribution in [2.75, 3.05) is 20.4 Å². The molecule has 2 aromatic carbocycles. The summed E-state index contributed by atoms with van der Waals surface area (Å²) in [5, 5.41) is 3.29. The van der Waals surface area contributed by atoms with E-state index in [2.05, 4.69) is 20.3 Å². The largest absolute Gasteiger partial charge is 0.352 e. The molecule has 2 N–H and O–H groups in total. The number of halogens is 1. The van der Waals surface area contributed by atoms with E-state index in [1.165, 1.54) is 6.26 Å². The Morgan fingerprint density at radius 2 is 1.80 bits per heavy atom. The number of nitrogens with zero attached hydrogens (tertiary/aromatic N) is 3. The molecule has 1 aromatic heterocycles. The highest BCUT2D eigenvalue weighted by molar-refractivity contribution is 14.0. The molecule has 0 bridgehead atoms. The molecule has 160 valence electrons. The van der Waals surface area contributed by atoms with E-state index in [0.29, 0.717) is 18.0 Å². The molecule has 7 nitrogen and oxygen atoms in total. The highest BCUT2D eigenvalue weighted by Crippen LogP contribution is 2.16. The molecule has 1 heterocycles. The van der Waals surface area contributed by atoms with Gasteiger partial charge in [0.15, 0.2) is 15.8 Å². The molecule has 0 aliphatic carbocycles. The van der Waals surface area contributed by atoms with Crippen molar-refractivity contribution >= 4 is 39.8 Å². The molecule has 3 aromatic rings. The summed E-state index contributed by atoms with van der Waals surface area (Å²) in [7, 11) is 0.478. The molecule has 0 atom stereocenters. The van der Waals surface area contributed by atoms with Crippen LogP contribution in [0.3, 0.4) is 0 Å². The molecular formula is C21H26IN5O2S. The smallest absolute Gasteiger partial charge is 0.194 e. The van der Waals surface area contributed by atoms with Crippen LogP contribution in [0, 0.1) is 0 Å². The van der Waals surface area contributed by atoms with Gasteiger partial charge >= 0.3 is 0 Å². The van der Waals surface area contributed by atoms with Crippen LogP contribution in [-0.4, -0.2) is 49.6 Å². The summed E-state index contributed by atoms with van der Waals surface area (Å²) in [6.07, 6.45) is 3.03. The maximum Gasteiger partial charge on any atom is 0.194 e. The van der Waals surface area contributed by atoms with Crippen LogP contribution in [0.5, 0.6) is 0 Å². The Morgan fingerprint density at radius 3 is 2.40 bits per heavy atom. The number of aromatic amines is 1. The molecule has 0 saturated carbocycles. The average Bonchev–Trinajstić information content (AvgIpc) is 3.17. The number of guanidine groups is 1. The highest BCUT2D eigenvalue weighted by atomic mass is 127. The van der Waals surface area contributed by atoms with Crippen molar-refractivity contribution in [3.63, 3.8) is 0 Å². The lowest BCUT2D eigenvalue weighted by atomic mass is 10.2. The maximum absolute atomic E-state index is 11.6. The third-order valence-corrected chi connectivity index (χ3v) is 5.60. The van der Waals surface area contributed by atoms with Crippen LogP contribution >= 0.6 is 24.0 Å². The summed E-state index contributed by atoms with van der Waals surface area (Å²) in [4.78, 5) is 14.4. The Hall–Kier alpha value is -2.40.